The smallest absolute Gasteiger partial charge is 0.265 e. The summed E-state index contributed by atoms with van der Waals surface area (Å²) in [5.74, 6) is 0.782. The molecule has 1 N–H and O–H groups in total. The Labute approximate surface area is 137 Å². The van der Waals surface area contributed by atoms with E-state index in [0.717, 1.165) is 61.0 Å². The largest absolute Gasteiger partial charge is 0.338 e. The molecule has 3 rings (SSSR count). The average Bonchev–Trinajstić information content (AvgIpc) is 3.06. The van der Waals surface area contributed by atoms with Crippen LogP contribution in [0.5, 0.6) is 0 Å². The molecule has 0 atom stereocenters. The third-order valence-corrected chi connectivity index (χ3v) is 6.23. The first-order chi connectivity index (χ1) is 10.5. The fraction of sp³-hybridized carbons (Fsp3) is 0.765. The molecule has 3 heterocycles. The van der Waals surface area contributed by atoms with Crippen LogP contribution in [0.3, 0.4) is 0 Å². The van der Waals surface area contributed by atoms with E-state index in [2.05, 4.69) is 24.1 Å². The van der Waals surface area contributed by atoms with Crippen molar-refractivity contribution in [1.82, 2.24) is 15.2 Å². The highest BCUT2D eigenvalue weighted by atomic mass is 32.1. The number of amides is 1. The Morgan fingerprint density at radius 3 is 2.68 bits per heavy atom. The summed E-state index contributed by atoms with van der Waals surface area (Å²) in [4.78, 5) is 20.3. The number of likely N-dealkylation sites (tertiary alicyclic amines) is 1. The fourth-order valence-corrected chi connectivity index (χ4v) is 4.88. The normalized spacial score (nSPS) is 21.0. The number of carbonyl (C=O) groups is 1. The first kappa shape index (κ1) is 15.9. The Morgan fingerprint density at radius 2 is 2.09 bits per heavy atom. The zero-order valence-electron chi connectivity index (χ0n) is 13.9. The van der Waals surface area contributed by atoms with E-state index in [1.807, 2.05) is 11.8 Å². The van der Waals surface area contributed by atoms with Crippen LogP contribution in [0.4, 0.5) is 0 Å². The number of nitrogens with one attached hydrogen (secondary N) is 1. The van der Waals surface area contributed by atoms with E-state index in [-0.39, 0.29) is 5.91 Å². The summed E-state index contributed by atoms with van der Waals surface area (Å²) in [5, 5.41) is 4.58. The lowest BCUT2D eigenvalue weighted by molar-refractivity contribution is 0.0611. The molecule has 0 unspecified atom stereocenters. The van der Waals surface area contributed by atoms with Gasteiger partial charge in [0.15, 0.2) is 0 Å². The van der Waals surface area contributed by atoms with Gasteiger partial charge in [0.25, 0.3) is 5.91 Å². The molecule has 2 fully saturated rings. The van der Waals surface area contributed by atoms with Gasteiger partial charge in [-0.1, -0.05) is 13.8 Å². The fourth-order valence-electron chi connectivity index (χ4n) is 3.64. The predicted octanol–water partition coefficient (Wildman–Crippen LogP) is 2.87. The van der Waals surface area contributed by atoms with Crippen molar-refractivity contribution in [2.75, 3.05) is 26.2 Å². The van der Waals surface area contributed by atoms with Gasteiger partial charge in [-0.15, -0.1) is 11.3 Å². The molecule has 0 radical (unpaired) electrons. The maximum absolute atomic E-state index is 12.8. The zero-order chi connectivity index (χ0) is 15.7. The number of nitrogens with zero attached hydrogens (tertiary/aromatic N) is 2. The maximum atomic E-state index is 12.8. The Kier molecular flexibility index (Phi) is 4.55. The van der Waals surface area contributed by atoms with Crippen molar-refractivity contribution in [1.29, 1.82) is 0 Å². The number of hydrogen-bond donors (Lipinski definition) is 1. The number of aryl methyl sites for hydroxylation is 1. The second kappa shape index (κ2) is 6.28. The van der Waals surface area contributed by atoms with E-state index < -0.39 is 0 Å². The molecule has 1 aromatic heterocycles. The Balaban J connectivity index is 1.66. The van der Waals surface area contributed by atoms with Gasteiger partial charge in [0, 0.05) is 26.1 Å². The SMILES string of the molecule is Cc1nc(CC(C)C)sc1C(=O)N1CCC2(CCNC2)CC1. The molecule has 22 heavy (non-hydrogen) atoms. The number of rotatable bonds is 3. The third-order valence-electron chi connectivity index (χ3n) is 5.06. The van der Waals surface area contributed by atoms with Gasteiger partial charge in [-0.3, -0.25) is 4.79 Å². The molecule has 2 aliphatic heterocycles. The van der Waals surface area contributed by atoms with Crippen LogP contribution in [0.2, 0.25) is 0 Å². The number of hydrogen-bond acceptors (Lipinski definition) is 4. The van der Waals surface area contributed by atoms with Gasteiger partial charge in [-0.2, -0.15) is 0 Å². The second-order valence-corrected chi connectivity index (χ2v) is 8.42. The molecule has 1 spiro atoms. The highest BCUT2D eigenvalue weighted by Gasteiger charge is 2.38. The van der Waals surface area contributed by atoms with Crippen molar-refractivity contribution in [2.45, 2.75) is 46.5 Å². The van der Waals surface area contributed by atoms with Crippen molar-refractivity contribution in [3.8, 4) is 0 Å². The van der Waals surface area contributed by atoms with Crippen LogP contribution in [0.1, 0.15) is 53.5 Å². The molecule has 4 nitrogen and oxygen atoms in total. The van der Waals surface area contributed by atoms with Gasteiger partial charge in [-0.05, 0) is 44.1 Å². The number of piperidine rings is 1. The molecular formula is C17H27N3OS. The van der Waals surface area contributed by atoms with Gasteiger partial charge < -0.3 is 10.2 Å². The van der Waals surface area contributed by atoms with E-state index in [1.165, 1.54) is 6.42 Å². The van der Waals surface area contributed by atoms with E-state index in [4.69, 9.17) is 0 Å². The predicted molar refractivity (Wildman–Crippen MR) is 90.5 cm³/mol. The van der Waals surface area contributed by atoms with Gasteiger partial charge in [0.1, 0.15) is 4.88 Å². The summed E-state index contributed by atoms with van der Waals surface area (Å²) >= 11 is 1.60. The van der Waals surface area contributed by atoms with Gasteiger partial charge in [-0.25, -0.2) is 4.98 Å². The Bertz CT molecular complexity index is 536. The van der Waals surface area contributed by atoms with Crippen LogP contribution in [-0.4, -0.2) is 42.0 Å². The number of aromatic nitrogens is 1. The monoisotopic (exact) mass is 321 g/mol. The molecule has 2 aliphatic rings. The molecule has 2 saturated heterocycles. The van der Waals surface area contributed by atoms with Crippen molar-refractivity contribution in [3.05, 3.63) is 15.6 Å². The molecule has 1 amide bonds. The Morgan fingerprint density at radius 1 is 1.36 bits per heavy atom. The van der Waals surface area contributed by atoms with Crippen LogP contribution in [0.15, 0.2) is 0 Å². The molecule has 0 aromatic carbocycles. The lowest BCUT2D eigenvalue weighted by Gasteiger charge is -2.38. The van der Waals surface area contributed by atoms with E-state index in [0.29, 0.717) is 11.3 Å². The molecule has 5 heteroatoms. The van der Waals surface area contributed by atoms with Gasteiger partial charge in [0.2, 0.25) is 0 Å². The molecule has 0 bridgehead atoms. The van der Waals surface area contributed by atoms with Crippen molar-refractivity contribution < 1.29 is 4.79 Å². The van der Waals surface area contributed by atoms with E-state index >= 15 is 0 Å². The van der Waals surface area contributed by atoms with E-state index in [1.54, 1.807) is 11.3 Å². The summed E-state index contributed by atoms with van der Waals surface area (Å²) < 4.78 is 0. The van der Waals surface area contributed by atoms with Gasteiger partial charge in [0.05, 0.1) is 10.7 Å². The highest BCUT2D eigenvalue weighted by molar-refractivity contribution is 7.13. The lowest BCUT2D eigenvalue weighted by atomic mass is 9.78. The van der Waals surface area contributed by atoms with Crippen LogP contribution in [0.25, 0.3) is 0 Å². The van der Waals surface area contributed by atoms with Crippen molar-refractivity contribution in [2.24, 2.45) is 11.3 Å². The van der Waals surface area contributed by atoms with Gasteiger partial charge >= 0.3 is 0 Å². The van der Waals surface area contributed by atoms with Crippen molar-refractivity contribution in [3.63, 3.8) is 0 Å². The number of carbonyl (C=O) groups excluding carboxylic acids is 1. The minimum absolute atomic E-state index is 0.200. The topological polar surface area (TPSA) is 45.2 Å². The van der Waals surface area contributed by atoms with Crippen molar-refractivity contribution >= 4 is 17.2 Å². The maximum Gasteiger partial charge on any atom is 0.265 e. The number of thiazole rings is 1. The van der Waals surface area contributed by atoms with Crippen LogP contribution >= 0.6 is 11.3 Å². The molecule has 1 aromatic rings. The highest BCUT2D eigenvalue weighted by Crippen LogP contribution is 2.37. The summed E-state index contributed by atoms with van der Waals surface area (Å²) in [6, 6.07) is 0. The van der Waals surface area contributed by atoms with E-state index in [9.17, 15) is 4.79 Å². The first-order valence-corrected chi connectivity index (χ1v) is 9.27. The molecular weight excluding hydrogens is 294 g/mol. The average molecular weight is 321 g/mol. The summed E-state index contributed by atoms with van der Waals surface area (Å²) in [7, 11) is 0. The quantitative estimate of drug-likeness (QED) is 0.931. The lowest BCUT2D eigenvalue weighted by Crippen LogP contribution is -2.44. The minimum atomic E-state index is 0.200. The Hall–Kier alpha value is -0.940. The molecule has 122 valence electrons. The minimum Gasteiger partial charge on any atom is -0.338 e. The first-order valence-electron chi connectivity index (χ1n) is 8.45. The molecule has 0 aliphatic carbocycles. The second-order valence-electron chi connectivity index (χ2n) is 7.34. The van der Waals surface area contributed by atoms with Crippen LogP contribution in [0, 0.1) is 18.3 Å². The van der Waals surface area contributed by atoms with Crippen LogP contribution < -0.4 is 5.32 Å². The van der Waals surface area contributed by atoms with Crippen LogP contribution in [-0.2, 0) is 6.42 Å². The standard InChI is InChI=1S/C17H27N3OS/c1-12(2)10-14-19-13(3)15(22-14)16(21)20-8-5-17(6-9-20)4-7-18-11-17/h12,18H,4-11H2,1-3H3. The molecule has 0 saturated carbocycles. The summed E-state index contributed by atoms with van der Waals surface area (Å²) in [6.07, 6.45) is 4.52. The summed E-state index contributed by atoms with van der Waals surface area (Å²) in [5.41, 5.74) is 1.37. The summed E-state index contributed by atoms with van der Waals surface area (Å²) in [6.45, 7) is 10.4. The third kappa shape index (κ3) is 3.20. The zero-order valence-corrected chi connectivity index (χ0v) is 14.8.